The maximum Gasteiger partial charge on any atom is 0.255 e. The molecule has 1 N–H and O–H groups in total. The van der Waals surface area contributed by atoms with Crippen LogP contribution >= 0.6 is 0 Å². The van der Waals surface area contributed by atoms with Gasteiger partial charge in [0.15, 0.2) is 0 Å². The molecule has 0 radical (unpaired) electrons. The summed E-state index contributed by atoms with van der Waals surface area (Å²) in [5, 5.41) is 7.22. The number of aromatic nitrogens is 4. The second-order valence-electron chi connectivity index (χ2n) is 8.29. The molecule has 1 fully saturated rings. The number of amides is 1. The molecule has 172 valence electrons. The highest BCUT2D eigenvalue weighted by Crippen LogP contribution is 2.27. The van der Waals surface area contributed by atoms with Crippen molar-refractivity contribution in [1.29, 1.82) is 0 Å². The number of nitrogens with zero attached hydrogens (tertiary/aromatic N) is 6. The van der Waals surface area contributed by atoms with Crippen LogP contribution in [0, 0.1) is 0 Å². The number of pyridine rings is 1. The van der Waals surface area contributed by atoms with E-state index in [9.17, 15) is 4.79 Å². The molecule has 8 heteroatoms. The summed E-state index contributed by atoms with van der Waals surface area (Å²) in [5.74, 6) is -0.131. The molecule has 1 saturated heterocycles. The highest BCUT2D eigenvalue weighted by atomic mass is 16.1. The first-order valence-electron chi connectivity index (χ1n) is 11.5. The standard InChI is InChI=1S/C26H27N7O/c34-26(22-5-7-23(8-6-22)33-20-28-19-29-33)30-24-3-1-2-4-25(24)32-17-15-31(16-18-32)14-11-21-9-12-27-13-10-21/h1-10,12-13,19-20H,11,14-18H2,(H,30,34). The summed E-state index contributed by atoms with van der Waals surface area (Å²) in [6.07, 6.45) is 7.85. The Hall–Kier alpha value is -4.04. The third kappa shape index (κ3) is 5.13. The van der Waals surface area contributed by atoms with Gasteiger partial charge in [-0.15, -0.1) is 0 Å². The summed E-state index contributed by atoms with van der Waals surface area (Å²) < 4.78 is 1.66. The van der Waals surface area contributed by atoms with Gasteiger partial charge in [0.25, 0.3) is 5.91 Å². The first-order chi connectivity index (χ1) is 16.8. The Morgan fingerprint density at radius 2 is 1.65 bits per heavy atom. The molecule has 8 nitrogen and oxygen atoms in total. The van der Waals surface area contributed by atoms with Crippen molar-refractivity contribution in [3.8, 4) is 5.69 Å². The molecule has 0 saturated carbocycles. The molecule has 0 aliphatic carbocycles. The number of rotatable bonds is 7. The van der Waals surface area contributed by atoms with Crippen molar-refractivity contribution in [1.82, 2.24) is 24.6 Å². The third-order valence-corrected chi connectivity index (χ3v) is 6.14. The van der Waals surface area contributed by atoms with Crippen LogP contribution in [0.5, 0.6) is 0 Å². The van der Waals surface area contributed by atoms with Crippen LogP contribution in [0.3, 0.4) is 0 Å². The number of carbonyl (C=O) groups excluding carboxylic acids is 1. The van der Waals surface area contributed by atoms with Gasteiger partial charge in [0, 0.05) is 50.7 Å². The van der Waals surface area contributed by atoms with E-state index in [1.54, 1.807) is 23.1 Å². The fourth-order valence-electron chi connectivity index (χ4n) is 4.21. The number of para-hydroxylation sites is 2. The number of piperazine rings is 1. The van der Waals surface area contributed by atoms with E-state index in [2.05, 4.69) is 48.4 Å². The molecule has 1 aliphatic heterocycles. The Balaban J connectivity index is 1.20. The first kappa shape index (κ1) is 21.8. The number of hydrogen-bond acceptors (Lipinski definition) is 6. The number of hydrogen-bond donors (Lipinski definition) is 1. The summed E-state index contributed by atoms with van der Waals surface area (Å²) >= 11 is 0. The van der Waals surface area contributed by atoms with Gasteiger partial charge in [-0.1, -0.05) is 12.1 Å². The van der Waals surface area contributed by atoms with E-state index in [1.165, 1.54) is 11.9 Å². The third-order valence-electron chi connectivity index (χ3n) is 6.14. The molecular weight excluding hydrogens is 426 g/mol. The zero-order chi connectivity index (χ0) is 23.2. The zero-order valence-electron chi connectivity index (χ0n) is 18.9. The molecule has 34 heavy (non-hydrogen) atoms. The van der Waals surface area contributed by atoms with E-state index in [4.69, 9.17) is 0 Å². The number of anilines is 2. The monoisotopic (exact) mass is 453 g/mol. The van der Waals surface area contributed by atoms with Gasteiger partial charge in [0.2, 0.25) is 0 Å². The van der Waals surface area contributed by atoms with Crippen LogP contribution in [0.15, 0.2) is 85.7 Å². The predicted octanol–water partition coefficient (Wildman–Crippen LogP) is 3.28. The Kier molecular flexibility index (Phi) is 6.58. The van der Waals surface area contributed by atoms with Crippen molar-refractivity contribution in [2.24, 2.45) is 0 Å². The Bertz CT molecular complexity index is 1200. The molecule has 2 aromatic carbocycles. The fraction of sp³-hybridized carbons (Fsp3) is 0.231. The maximum atomic E-state index is 12.9. The van der Waals surface area contributed by atoms with E-state index in [-0.39, 0.29) is 5.91 Å². The number of carbonyl (C=O) groups is 1. The molecule has 4 aromatic rings. The summed E-state index contributed by atoms with van der Waals surface area (Å²) in [6.45, 7) is 4.89. The molecule has 0 atom stereocenters. The van der Waals surface area contributed by atoms with Crippen LogP contribution in [0.25, 0.3) is 5.69 Å². The largest absolute Gasteiger partial charge is 0.367 e. The average molecular weight is 454 g/mol. The molecule has 0 spiro atoms. The molecule has 3 heterocycles. The topological polar surface area (TPSA) is 79.2 Å². The van der Waals surface area contributed by atoms with Crippen molar-refractivity contribution in [3.05, 3.63) is 96.8 Å². The average Bonchev–Trinajstić information content (AvgIpc) is 3.44. The second-order valence-corrected chi connectivity index (χ2v) is 8.29. The van der Waals surface area contributed by atoms with Crippen molar-refractivity contribution in [3.63, 3.8) is 0 Å². The lowest BCUT2D eigenvalue weighted by Crippen LogP contribution is -2.47. The number of benzene rings is 2. The van der Waals surface area contributed by atoms with Crippen LogP contribution in [0.2, 0.25) is 0 Å². The SMILES string of the molecule is O=C(Nc1ccccc1N1CCN(CCc2ccncc2)CC1)c1ccc(-n2cncn2)cc1. The molecule has 5 rings (SSSR count). The van der Waals surface area contributed by atoms with Crippen molar-refractivity contribution in [2.45, 2.75) is 6.42 Å². The number of nitrogens with one attached hydrogen (secondary N) is 1. The smallest absolute Gasteiger partial charge is 0.255 e. The lowest BCUT2D eigenvalue weighted by Gasteiger charge is -2.37. The van der Waals surface area contributed by atoms with Gasteiger partial charge in [-0.2, -0.15) is 5.10 Å². The first-order valence-corrected chi connectivity index (χ1v) is 11.5. The molecule has 1 aliphatic rings. The van der Waals surface area contributed by atoms with Gasteiger partial charge in [0.1, 0.15) is 12.7 Å². The minimum Gasteiger partial charge on any atom is -0.367 e. The second kappa shape index (κ2) is 10.3. The van der Waals surface area contributed by atoms with E-state index >= 15 is 0 Å². The molecule has 0 unspecified atom stereocenters. The summed E-state index contributed by atoms with van der Waals surface area (Å²) in [4.78, 5) is 25.8. The van der Waals surface area contributed by atoms with Gasteiger partial charge < -0.3 is 10.2 Å². The predicted molar refractivity (Wildman–Crippen MR) is 132 cm³/mol. The minimum absolute atomic E-state index is 0.131. The summed E-state index contributed by atoms with van der Waals surface area (Å²) in [6, 6.07) is 19.5. The van der Waals surface area contributed by atoms with E-state index in [0.717, 1.165) is 56.2 Å². The van der Waals surface area contributed by atoms with Gasteiger partial charge in [-0.3, -0.25) is 14.7 Å². The van der Waals surface area contributed by atoms with E-state index in [0.29, 0.717) is 5.56 Å². The van der Waals surface area contributed by atoms with E-state index in [1.807, 2.05) is 42.7 Å². The van der Waals surface area contributed by atoms with Crippen LogP contribution < -0.4 is 10.2 Å². The summed E-state index contributed by atoms with van der Waals surface area (Å²) in [5.41, 5.74) is 4.66. The molecule has 2 aromatic heterocycles. The zero-order valence-corrected chi connectivity index (χ0v) is 18.9. The van der Waals surface area contributed by atoms with Gasteiger partial charge in [-0.25, -0.2) is 9.67 Å². The van der Waals surface area contributed by atoms with Crippen LogP contribution in [-0.4, -0.2) is 63.3 Å². The van der Waals surface area contributed by atoms with Gasteiger partial charge >= 0.3 is 0 Å². The minimum atomic E-state index is -0.131. The Morgan fingerprint density at radius 3 is 2.38 bits per heavy atom. The Labute approximate surface area is 198 Å². The quantitative estimate of drug-likeness (QED) is 0.463. The van der Waals surface area contributed by atoms with Crippen LogP contribution in [-0.2, 0) is 6.42 Å². The van der Waals surface area contributed by atoms with Gasteiger partial charge in [0.05, 0.1) is 17.1 Å². The lowest BCUT2D eigenvalue weighted by atomic mass is 10.1. The van der Waals surface area contributed by atoms with Crippen molar-refractivity contribution >= 4 is 17.3 Å². The normalized spacial score (nSPS) is 14.2. The lowest BCUT2D eigenvalue weighted by molar-refractivity contribution is 0.102. The van der Waals surface area contributed by atoms with Crippen LogP contribution in [0.4, 0.5) is 11.4 Å². The van der Waals surface area contributed by atoms with Crippen molar-refractivity contribution < 1.29 is 4.79 Å². The highest BCUT2D eigenvalue weighted by molar-refractivity contribution is 6.06. The molecular formula is C26H27N7O. The van der Waals surface area contributed by atoms with Crippen LogP contribution in [0.1, 0.15) is 15.9 Å². The molecule has 0 bridgehead atoms. The highest BCUT2D eigenvalue weighted by Gasteiger charge is 2.20. The van der Waals surface area contributed by atoms with Gasteiger partial charge in [-0.05, 0) is 60.5 Å². The Morgan fingerprint density at radius 1 is 0.882 bits per heavy atom. The fourth-order valence-corrected chi connectivity index (χ4v) is 4.21. The molecule has 1 amide bonds. The summed E-state index contributed by atoms with van der Waals surface area (Å²) in [7, 11) is 0. The van der Waals surface area contributed by atoms with Crippen molar-refractivity contribution in [2.75, 3.05) is 42.9 Å². The maximum absolute atomic E-state index is 12.9. The van der Waals surface area contributed by atoms with E-state index < -0.39 is 0 Å².